The van der Waals surface area contributed by atoms with Gasteiger partial charge in [0.1, 0.15) is 6.54 Å². The zero-order chi connectivity index (χ0) is 27.7. The smallest absolute Gasteiger partial charge is 0.325 e. The average Bonchev–Trinajstić information content (AvgIpc) is 2.92. The van der Waals surface area contributed by atoms with E-state index in [-0.39, 0.29) is 46.4 Å². The molecule has 38 heavy (non-hydrogen) atoms. The van der Waals surface area contributed by atoms with E-state index in [1.54, 1.807) is 4.90 Å². The molecule has 2 heterocycles. The monoisotopic (exact) mass is 545 g/mol. The molecule has 0 aliphatic carbocycles. The number of hydrogen-bond acceptors (Lipinski definition) is 9. The number of hydrogen-bond donors (Lipinski definition) is 5. The minimum absolute atomic E-state index is 0.0898. The number of nitrogens with two attached hydrogens (primary N) is 3. The Kier molecular flexibility index (Phi) is 9.66. The summed E-state index contributed by atoms with van der Waals surface area (Å²) in [6, 6.07) is 9.72. The highest BCUT2D eigenvalue weighted by Crippen LogP contribution is 2.37. The Morgan fingerprint density at radius 3 is 2.47 bits per heavy atom. The van der Waals surface area contributed by atoms with Crippen molar-refractivity contribution in [2.45, 2.75) is 25.7 Å². The number of piperidine rings is 1. The third-order valence-corrected chi connectivity index (χ3v) is 6.73. The lowest BCUT2D eigenvalue weighted by atomic mass is 9.74. The minimum Gasteiger partial charge on any atom is -0.468 e. The Morgan fingerprint density at radius 2 is 1.82 bits per heavy atom. The normalized spacial score (nSPS) is 15.0. The number of amides is 3. The van der Waals surface area contributed by atoms with E-state index in [0.717, 1.165) is 12.8 Å². The van der Waals surface area contributed by atoms with E-state index in [1.165, 1.54) is 12.7 Å². The molecule has 0 atom stereocenters. The first-order valence-corrected chi connectivity index (χ1v) is 12.3. The maximum atomic E-state index is 12.6. The van der Waals surface area contributed by atoms with Crippen LogP contribution in [0.4, 0.5) is 16.4 Å². The number of aryl methyl sites for hydroxylation is 1. The van der Waals surface area contributed by atoms with E-state index in [4.69, 9.17) is 28.8 Å². The fourth-order valence-electron chi connectivity index (χ4n) is 4.13. The zero-order valence-electron chi connectivity index (χ0n) is 21.1. The molecule has 1 fully saturated rings. The van der Waals surface area contributed by atoms with E-state index < -0.39 is 11.9 Å². The number of ether oxygens (including phenoxy) is 1. The molecule has 0 bridgehead atoms. The van der Waals surface area contributed by atoms with Gasteiger partial charge in [-0.15, -0.1) is 0 Å². The van der Waals surface area contributed by atoms with Gasteiger partial charge >= 0.3 is 12.0 Å². The highest BCUT2D eigenvalue weighted by molar-refractivity contribution is 6.31. The second-order valence-electron chi connectivity index (χ2n) is 9.00. The summed E-state index contributed by atoms with van der Waals surface area (Å²) < 4.78 is 4.57. The predicted octanol–water partition coefficient (Wildman–Crippen LogP) is 0.937. The number of urea groups is 1. The number of anilines is 2. The maximum absolute atomic E-state index is 12.6. The van der Waals surface area contributed by atoms with Gasteiger partial charge in [0.05, 0.1) is 7.11 Å². The molecule has 0 unspecified atom stereocenters. The number of halogens is 1. The van der Waals surface area contributed by atoms with Crippen LogP contribution in [-0.4, -0.2) is 72.0 Å². The standard InChI is InChI=1S/C24H32ClN9O4/c1-38-16(35)13-29-23(37)34-11-9-24(10-12-34,8-7-15-5-3-2-4-6-15)14-30-22(28)33-21(36)17-19(26)32-20(27)18(25)31-17/h2-6H,7-14H2,1H3,(H,29,37)(H4,26,27,32)(H3,28,30,33,36). The molecule has 0 saturated carbocycles. The average molecular weight is 546 g/mol. The van der Waals surface area contributed by atoms with Crippen molar-refractivity contribution in [3.8, 4) is 0 Å². The molecule has 13 nitrogen and oxygen atoms in total. The van der Waals surface area contributed by atoms with Crippen molar-refractivity contribution in [2.75, 3.05) is 44.8 Å². The van der Waals surface area contributed by atoms with Crippen LogP contribution in [0, 0.1) is 5.41 Å². The van der Waals surface area contributed by atoms with Crippen molar-refractivity contribution in [3.05, 3.63) is 46.7 Å². The number of methoxy groups -OCH3 is 1. The predicted molar refractivity (Wildman–Crippen MR) is 143 cm³/mol. The van der Waals surface area contributed by atoms with Crippen LogP contribution in [-0.2, 0) is 16.0 Å². The molecule has 204 valence electrons. The summed E-state index contributed by atoms with van der Waals surface area (Å²) in [6.07, 6.45) is 2.92. The first-order chi connectivity index (χ1) is 18.1. The van der Waals surface area contributed by atoms with Gasteiger partial charge in [-0.2, -0.15) is 0 Å². The summed E-state index contributed by atoms with van der Waals surface area (Å²) in [6.45, 7) is 1.08. The number of benzene rings is 1. The summed E-state index contributed by atoms with van der Waals surface area (Å²) >= 11 is 5.86. The van der Waals surface area contributed by atoms with Gasteiger partial charge in [-0.3, -0.25) is 19.9 Å². The SMILES string of the molecule is COC(=O)CNC(=O)N1CCC(CCc2ccccc2)(CN=C(N)NC(=O)c2nc(Cl)c(N)nc2N)CC1. The van der Waals surface area contributed by atoms with E-state index in [2.05, 4.69) is 42.5 Å². The number of esters is 1. The third-order valence-electron chi connectivity index (χ3n) is 6.46. The van der Waals surface area contributed by atoms with Crippen LogP contribution < -0.4 is 27.8 Å². The Labute approximate surface area is 225 Å². The van der Waals surface area contributed by atoms with Crippen molar-refractivity contribution in [1.29, 1.82) is 0 Å². The summed E-state index contributed by atoms with van der Waals surface area (Å²) in [7, 11) is 1.26. The first kappa shape index (κ1) is 28.4. The van der Waals surface area contributed by atoms with E-state index in [1.807, 2.05) is 18.2 Å². The Balaban J connectivity index is 1.68. The first-order valence-electron chi connectivity index (χ1n) is 12.0. The van der Waals surface area contributed by atoms with E-state index in [0.29, 0.717) is 32.5 Å². The second kappa shape index (κ2) is 12.9. The molecule has 2 aromatic rings. The minimum atomic E-state index is -0.714. The van der Waals surface area contributed by atoms with Crippen molar-refractivity contribution in [1.82, 2.24) is 25.5 Å². The van der Waals surface area contributed by atoms with Gasteiger partial charge in [-0.1, -0.05) is 41.9 Å². The Morgan fingerprint density at radius 1 is 1.13 bits per heavy atom. The maximum Gasteiger partial charge on any atom is 0.325 e. The number of aromatic nitrogens is 2. The largest absolute Gasteiger partial charge is 0.468 e. The molecule has 3 amide bonds. The van der Waals surface area contributed by atoms with Crippen LogP contribution in [0.25, 0.3) is 0 Å². The number of nitrogens with zero attached hydrogens (tertiary/aromatic N) is 4. The quantitative estimate of drug-likeness (QED) is 0.181. The van der Waals surface area contributed by atoms with Crippen molar-refractivity contribution < 1.29 is 19.1 Å². The summed E-state index contributed by atoms with van der Waals surface area (Å²) in [4.78, 5) is 50.2. The number of rotatable bonds is 8. The lowest BCUT2D eigenvalue weighted by Crippen LogP contribution is -2.49. The van der Waals surface area contributed by atoms with Crippen LogP contribution in [0.5, 0.6) is 0 Å². The fourth-order valence-corrected chi connectivity index (χ4v) is 4.26. The van der Waals surface area contributed by atoms with Crippen molar-refractivity contribution >= 4 is 47.1 Å². The van der Waals surface area contributed by atoms with Gasteiger partial charge in [0.15, 0.2) is 28.4 Å². The molecule has 1 aromatic carbocycles. The number of nitrogen functional groups attached to an aromatic ring is 2. The highest BCUT2D eigenvalue weighted by Gasteiger charge is 2.36. The number of carbonyl (C=O) groups excluding carboxylic acids is 3. The van der Waals surface area contributed by atoms with Gasteiger partial charge < -0.3 is 32.2 Å². The van der Waals surface area contributed by atoms with Crippen LogP contribution in [0.3, 0.4) is 0 Å². The fraction of sp³-hybridized carbons (Fsp3) is 0.417. The zero-order valence-corrected chi connectivity index (χ0v) is 21.8. The van der Waals surface area contributed by atoms with E-state index in [9.17, 15) is 14.4 Å². The van der Waals surface area contributed by atoms with Gasteiger partial charge in [-0.05, 0) is 36.7 Å². The molecule has 1 aromatic heterocycles. The van der Waals surface area contributed by atoms with Gasteiger partial charge in [0.25, 0.3) is 5.91 Å². The third kappa shape index (κ3) is 7.68. The number of likely N-dealkylation sites (tertiary alicyclic amines) is 1. The second-order valence-corrected chi connectivity index (χ2v) is 9.35. The molecule has 14 heteroatoms. The number of carbonyl (C=O) groups is 3. The van der Waals surface area contributed by atoms with Crippen molar-refractivity contribution in [2.24, 2.45) is 16.1 Å². The van der Waals surface area contributed by atoms with Gasteiger partial charge in [0.2, 0.25) is 0 Å². The van der Waals surface area contributed by atoms with Gasteiger partial charge in [-0.25, -0.2) is 14.8 Å². The topological polar surface area (TPSA) is 204 Å². The Bertz CT molecular complexity index is 1180. The molecule has 8 N–H and O–H groups in total. The summed E-state index contributed by atoms with van der Waals surface area (Å²) in [5.41, 5.74) is 18.0. The van der Waals surface area contributed by atoms with Crippen LogP contribution in [0.2, 0.25) is 5.15 Å². The summed E-state index contributed by atoms with van der Waals surface area (Å²) in [5, 5.41) is 4.88. The Hall–Kier alpha value is -4.13. The molecule has 1 saturated heterocycles. The number of aliphatic imine (C=N–C) groups is 1. The lowest BCUT2D eigenvalue weighted by molar-refractivity contribution is -0.139. The molecular weight excluding hydrogens is 514 g/mol. The molecule has 1 aliphatic heterocycles. The highest BCUT2D eigenvalue weighted by atomic mass is 35.5. The molecule has 1 aliphatic rings. The molecule has 3 rings (SSSR count). The molecular formula is C24H32ClN9O4. The molecule has 0 radical (unpaired) electrons. The lowest BCUT2D eigenvalue weighted by Gasteiger charge is -2.41. The number of guanidine groups is 1. The summed E-state index contributed by atoms with van der Waals surface area (Å²) in [5.74, 6) is -1.62. The van der Waals surface area contributed by atoms with E-state index >= 15 is 0 Å². The van der Waals surface area contributed by atoms with Crippen LogP contribution >= 0.6 is 11.6 Å². The molecule has 0 spiro atoms. The van der Waals surface area contributed by atoms with Crippen molar-refractivity contribution in [3.63, 3.8) is 0 Å². The number of nitrogens with one attached hydrogen (secondary N) is 2. The van der Waals surface area contributed by atoms with Crippen LogP contribution in [0.15, 0.2) is 35.3 Å². The van der Waals surface area contributed by atoms with Gasteiger partial charge in [0, 0.05) is 19.6 Å². The van der Waals surface area contributed by atoms with Crippen LogP contribution in [0.1, 0.15) is 35.3 Å².